The first-order valence-electron chi connectivity index (χ1n) is 4.35. The minimum absolute atomic E-state index is 0.457. The maximum absolute atomic E-state index is 5.91. The lowest BCUT2D eigenvalue weighted by molar-refractivity contribution is 0.415. The summed E-state index contributed by atoms with van der Waals surface area (Å²) in [5, 5.41) is 7.25. The largest absolute Gasteiger partial charge is 0.495 e. The van der Waals surface area contributed by atoms with Gasteiger partial charge in [0.15, 0.2) is 0 Å². The minimum atomic E-state index is 0.457. The lowest BCUT2D eigenvalue weighted by atomic mass is 10.1. The van der Waals surface area contributed by atoms with Gasteiger partial charge in [0.25, 0.3) is 0 Å². The number of nitrogens with zero attached hydrogens (tertiary/aromatic N) is 1. The van der Waals surface area contributed by atoms with E-state index in [1.54, 1.807) is 19.2 Å². The van der Waals surface area contributed by atoms with Gasteiger partial charge < -0.3 is 10.5 Å². The molecule has 1 heterocycles. The molecule has 0 saturated carbocycles. The molecular weight excluding hydrogens is 214 g/mol. The first-order chi connectivity index (χ1) is 7.20. The van der Waals surface area contributed by atoms with Gasteiger partial charge in [-0.2, -0.15) is 5.10 Å². The summed E-state index contributed by atoms with van der Waals surface area (Å²) < 4.78 is 5.12. The zero-order valence-electron chi connectivity index (χ0n) is 8.12. The van der Waals surface area contributed by atoms with Crippen molar-refractivity contribution in [3.8, 4) is 17.0 Å². The Morgan fingerprint density at radius 1 is 1.40 bits per heavy atom. The molecule has 0 aliphatic heterocycles. The molecule has 0 saturated heterocycles. The first kappa shape index (κ1) is 9.86. The van der Waals surface area contributed by atoms with E-state index in [9.17, 15) is 0 Å². The van der Waals surface area contributed by atoms with Crippen molar-refractivity contribution >= 4 is 17.4 Å². The second-order valence-corrected chi connectivity index (χ2v) is 3.46. The summed E-state index contributed by atoms with van der Waals surface area (Å²) >= 11 is 5.91. The Labute approximate surface area is 92.0 Å². The molecule has 78 valence electrons. The Hall–Kier alpha value is -1.68. The summed E-state index contributed by atoms with van der Waals surface area (Å²) in [6, 6.07) is 7.22. The smallest absolute Gasteiger partial charge is 0.145 e. The highest BCUT2D eigenvalue weighted by Gasteiger charge is 2.05. The van der Waals surface area contributed by atoms with E-state index in [0.717, 1.165) is 11.3 Å². The van der Waals surface area contributed by atoms with Gasteiger partial charge in [0.1, 0.15) is 11.6 Å². The van der Waals surface area contributed by atoms with E-state index in [-0.39, 0.29) is 0 Å². The number of nitrogens with two attached hydrogens (primary N) is 1. The molecule has 0 aliphatic rings. The SMILES string of the molecule is COc1cc(-c2cc(N)n[nH]2)ccc1Cl. The summed E-state index contributed by atoms with van der Waals surface area (Å²) in [5.74, 6) is 1.08. The summed E-state index contributed by atoms with van der Waals surface area (Å²) in [5.41, 5.74) is 7.28. The molecule has 0 atom stereocenters. The van der Waals surface area contributed by atoms with Crippen LogP contribution in [-0.2, 0) is 0 Å². The number of anilines is 1. The van der Waals surface area contributed by atoms with Crippen LogP contribution in [0.3, 0.4) is 0 Å². The van der Waals surface area contributed by atoms with Gasteiger partial charge in [-0.1, -0.05) is 17.7 Å². The van der Waals surface area contributed by atoms with Gasteiger partial charge >= 0.3 is 0 Å². The third-order valence-corrected chi connectivity index (χ3v) is 2.37. The predicted octanol–water partition coefficient (Wildman–Crippen LogP) is 2.32. The molecule has 15 heavy (non-hydrogen) atoms. The van der Waals surface area contributed by atoms with Crippen LogP contribution in [0.4, 0.5) is 5.82 Å². The van der Waals surface area contributed by atoms with Gasteiger partial charge in [-0.25, -0.2) is 0 Å². The Morgan fingerprint density at radius 2 is 2.20 bits per heavy atom. The maximum Gasteiger partial charge on any atom is 0.145 e. The number of benzene rings is 1. The van der Waals surface area contributed by atoms with Crippen molar-refractivity contribution in [3.63, 3.8) is 0 Å². The molecule has 0 amide bonds. The van der Waals surface area contributed by atoms with Crippen molar-refractivity contribution in [2.24, 2.45) is 0 Å². The molecule has 2 aromatic rings. The number of aromatic nitrogens is 2. The van der Waals surface area contributed by atoms with Gasteiger partial charge in [-0.05, 0) is 12.1 Å². The van der Waals surface area contributed by atoms with E-state index in [1.165, 1.54) is 0 Å². The number of hydrogen-bond acceptors (Lipinski definition) is 3. The first-order valence-corrected chi connectivity index (χ1v) is 4.73. The molecule has 0 unspecified atom stereocenters. The standard InChI is InChI=1S/C10H10ClN3O/c1-15-9-4-6(2-3-7(9)11)8-5-10(12)14-13-8/h2-5H,1H3,(H3,12,13,14). The van der Waals surface area contributed by atoms with Crippen LogP contribution in [-0.4, -0.2) is 17.3 Å². The fourth-order valence-electron chi connectivity index (χ4n) is 1.31. The molecule has 0 fully saturated rings. The van der Waals surface area contributed by atoms with Crippen molar-refractivity contribution in [3.05, 3.63) is 29.3 Å². The average Bonchev–Trinajstić information content (AvgIpc) is 2.66. The average molecular weight is 224 g/mol. The number of nitrogens with one attached hydrogen (secondary N) is 1. The Morgan fingerprint density at radius 3 is 2.80 bits per heavy atom. The fraction of sp³-hybridized carbons (Fsp3) is 0.100. The van der Waals surface area contributed by atoms with Crippen LogP contribution < -0.4 is 10.5 Å². The quantitative estimate of drug-likeness (QED) is 0.821. The van der Waals surface area contributed by atoms with E-state index in [2.05, 4.69) is 10.2 Å². The van der Waals surface area contributed by atoms with Crippen LogP contribution in [0.5, 0.6) is 5.75 Å². The highest BCUT2D eigenvalue weighted by molar-refractivity contribution is 6.32. The zero-order chi connectivity index (χ0) is 10.8. The summed E-state index contributed by atoms with van der Waals surface area (Å²) in [4.78, 5) is 0. The van der Waals surface area contributed by atoms with Gasteiger partial charge in [-0.3, -0.25) is 5.10 Å². The van der Waals surface area contributed by atoms with Crippen molar-refractivity contribution in [1.29, 1.82) is 0 Å². The van der Waals surface area contributed by atoms with Crippen molar-refractivity contribution in [2.75, 3.05) is 12.8 Å². The number of ether oxygens (including phenoxy) is 1. The van der Waals surface area contributed by atoms with Crippen LogP contribution in [0.2, 0.25) is 5.02 Å². The van der Waals surface area contributed by atoms with Crippen LogP contribution in [0.15, 0.2) is 24.3 Å². The van der Waals surface area contributed by atoms with Crippen molar-refractivity contribution in [2.45, 2.75) is 0 Å². The lowest BCUT2D eigenvalue weighted by Crippen LogP contribution is -1.85. The third-order valence-electron chi connectivity index (χ3n) is 2.06. The summed E-state index contributed by atoms with van der Waals surface area (Å²) in [6.07, 6.45) is 0. The summed E-state index contributed by atoms with van der Waals surface area (Å²) in [6.45, 7) is 0. The molecule has 0 radical (unpaired) electrons. The zero-order valence-corrected chi connectivity index (χ0v) is 8.88. The number of hydrogen-bond donors (Lipinski definition) is 2. The number of halogens is 1. The molecule has 3 N–H and O–H groups in total. The molecule has 2 rings (SSSR count). The Bertz CT molecular complexity index is 481. The maximum atomic E-state index is 5.91. The minimum Gasteiger partial charge on any atom is -0.495 e. The van der Waals surface area contributed by atoms with E-state index < -0.39 is 0 Å². The third kappa shape index (κ3) is 1.89. The van der Waals surface area contributed by atoms with Gasteiger partial charge in [0.05, 0.1) is 17.8 Å². The van der Waals surface area contributed by atoms with E-state index in [1.807, 2.05) is 12.1 Å². The highest BCUT2D eigenvalue weighted by atomic mass is 35.5. The van der Waals surface area contributed by atoms with Crippen LogP contribution in [0.25, 0.3) is 11.3 Å². The summed E-state index contributed by atoms with van der Waals surface area (Å²) in [7, 11) is 1.58. The van der Waals surface area contributed by atoms with Crippen molar-refractivity contribution < 1.29 is 4.74 Å². The molecule has 1 aromatic heterocycles. The van der Waals surface area contributed by atoms with E-state index >= 15 is 0 Å². The number of methoxy groups -OCH3 is 1. The van der Waals surface area contributed by atoms with Gasteiger partial charge in [0, 0.05) is 11.6 Å². The second kappa shape index (κ2) is 3.82. The van der Waals surface area contributed by atoms with Crippen LogP contribution >= 0.6 is 11.6 Å². The van der Waals surface area contributed by atoms with Crippen molar-refractivity contribution in [1.82, 2.24) is 10.2 Å². The number of rotatable bonds is 2. The van der Waals surface area contributed by atoms with Gasteiger partial charge in [0.2, 0.25) is 0 Å². The molecule has 0 spiro atoms. The van der Waals surface area contributed by atoms with Crippen LogP contribution in [0, 0.1) is 0 Å². The monoisotopic (exact) mass is 223 g/mol. The normalized spacial score (nSPS) is 10.3. The molecule has 0 aliphatic carbocycles. The topological polar surface area (TPSA) is 63.9 Å². The van der Waals surface area contributed by atoms with Crippen LogP contribution in [0.1, 0.15) is 0 Å². The Kier molecular flexibility index (Phi) is 2.51. The molecule has 0 bridgehead atoms. The highest BCUT2D eigenvalue weighted by Crippen LogP contribution is 2.29. The molecule has 1 aromatic carbocycles. The van der Waals surface area contributed by atoms with E-state index in [0.29, 0.717) is 16.6 Å². The lowest BCUT2D eigenvalue weighted by Gasteiger charge is -2.04. The molecule has 4 nitrogen and oxygen atoms in total. The molecule has 5 heteroatoms. The number of nitrogen functional groups attached to an aromatic ring is 1. The fourth-order valence-corrected chi connectivity index (χ4v) is 1.51. The molecular formula is C10H10ClN3O. The second-order valence-electron chi connectivity index (χ2n) is 3.06. The van der Waals surface area contributed by atoms with E-state index in [4.69, 9.17) is 22.1 Å². The predicted molar refractivity (Wildman–Crippen MR) is 60.0 cm³/mol. The van der Waals surface area contributed by atoms with Gasteiger partial charge in [-0.15, -0.1) is 0 Å². The number of H-pyrrole nitrogens is 1. The Balaban J connectivity index is 2.45. The number of aromatic amines is 1.